The van der Waals surface area contributed by atoms with Gasteiger partial charge in [0.2, 0.25) is 5.91 Å². The minimum Gasteiger partial charge on any atom is -0.342 e. The molecule has 1 amide bonds. The Morgan fingerprint density at radius 3 is 2.29 bits per heavy atom. The van der Waals surface area contributed by atoms with Gasteiger partial charge >= 0.3 is 0 Å². The third kappa shape index (κ3) is 3.80. The molecule has 3 rings (SSSR count). The molecule has 2 aliphatic rings. The van der Waals surface area contributed by atoms with Crippen molar-refractivity contribution in [2.45, 2.75) is 36.8 Å². The molecule has 2 unspecified atom stereocenters. The smallest absolute Gasteiger partial charge is 0.227 e. The molecule has 24 heavy (non-hydrogen) atoms. The van der Waals surface area contributed by atoms with E-state index in [0.29, 0.717) is 23.2 Å². The van der Waals surface area contributed by atoms with E-state index in [9.17, 15) is 13.2 Å². The van der Waals surface area contributed by atoms with E-state index < -0.39 is 15.1 Å². The number of fused-ring (bicyclic) bond motifs is 2. The van der Waals surface area contributed by atoms with E-state index in [2.05, 4.69) is 0 Å². The number of sulfone groups is 1. The lowest BCUT2D eigenvalue weighted by molar-refractivity contribution is -0.133. The van der Waals surface area contributed by atoms with Crippen molar-refractivity contribution >= 4 is 27.5 Å². The predicted molar refractivity (Wildman–Crippen MR) is 98.0 cm³/mol. The van der Waals surface area contributed by atoms with Gasteiger partial charge in [-0.3, -0.25) is 4.79 Å². The highest BCUT2D eigenvalue weighted by Gasteiger charge is 2.32. The average molecular weight is 368 g/mol. The quantitative estimate of drug-likeness (QED) is 0.821. The molecule has 1 aromatic carbocycles. The Labute approximate surface area is 148 Å². The fourth-order valence-electron chi connectivity index (χ4n) is 3.52. The summed E-state index contributed by atoms with van der Waals surface area (Å²) < 4.78 is 24.3. The van der Waals surface area contributed by atoms with Crippen LogP contribution < -0.4 is 0 Å². The number of amides is 1. The van der Waals surface area contributed by atoms with E-state index in [1.807, 2.05) is 16.7 Å². The molecule has 132 valence electrons. The van der Waals surface area contributed by atoms with Gasteiger partial charge in [-0.05, 0) is 61.3 Å². The van der Waals surface area contributed by atoms with Crippen molar-refractivity contribution in [3.8, 4) is 0 Å². The Hall–Kier alpha value is -1.01. The second kappa shape index (κ2) is 7.08. The molecule has 0 saturated carbocycles. The topological polar surface area (TPSA) is 54.5 Å². The Bertz CT molecular complexity index is 685. The highest BCUT2D eigenvalue weighted by Crippen LogP contribution is 2.33. The van der Waals surface area contributed by atoms with E-state index >= 15 is 0 Å². The highest BCUT2D eigenvalue weighted by molar-refractivity contribution is 7.99. The van der Waals surface area contributed by atoms with Gasteiger partial charge in [-0.1, -0.05) is 12.1 Å². The standard InChI is InChI=1S/C18H25NO3S2/c1-13(2)24(21,22)17-5-3-14(4-6-17)8-18(20)19-9-15-7-16(10-19)12-23-11-15/h3-6,13,15-16H,7-12H2,1-2H3. The number of thioether (sulfide) groups is 1. The van der Waals surface area contributed by atoms with Crippen LogP contribution in [0.1, 0.15) is 25.8 Å². The Morgan fingerprint density at radius 2 is 1.75 bits per heavy atom. The number of nitrogens with zero attached hydrogens (tertiary/aromatic N) is 1. The number of hydrogen-bond donors (Lipinski definition) is 0. The van der Waals surface area contributed by atoms with Crippen molar-refractivity contribution in [2.24, 2.45) is 11.8 Å². The lowest BCUT2D eigenvalue weighted by Crippen LogP contribution is -2.47. The monoisotopic (exact) mass is 367 g/mol. The van der Waals surface area contributed by atoms with Crippen molar-refractivity contribution in [3.63, 3.8) is 0 Å². The molecule has 2 saturated heterocycles. The Morgan fingerprint density at radius 1 is 1.17 bits per heavy atom. The zero-order valence-electron chi connectivity index (χ0n) is 14.3. The van der Waals surface area contributed by atoms with E-state index in [1.165, 1.54) is 17.9 Å². The van der Waals surface area contributed by atoms with Crippen LogP contribution >= 0.6 is 11.8 Å². The zero-order chi connectivity index (χ0) is 17.3. The van der Waals surface area contributed by atoms with Crippen molar-refractivity contribution < 1.29 is 13.2 Å². The van der Waals surface area contributed by atoms with Crippen LogP contribution in [0, 0.1) is 11.8 Å². The van der Waals surface area contributed by atoms with Gasteiger partial charge in [0.05, 0.1) is 16.6 Å². The summed E-state index contributed by atoms with van der Waals surface area (Å²) in [5.41, 5.74) is 0.882. The van der Waals surface area contributed by atoms with Crippen LogP contribution in [0.3, 0.4) is 0 Å². The summed E-state index contributed by atoms with van der Waals surface area (Å²) in [5, 5.41) is -0.435. The first-order chi connectivity index (χ1) is 11.4. The van der Waals surface area contributed by atoms with Gasteiger partial charge < -0.3 is 4.90 Å². The predicted octanol–water partition coefficient (Wildman–Crippen LogP) is 2.62. The van der Waals surface area contributed by atoms with Crippen LogP contribution in [0.15, 0.2) is 29.2 Å². The van der Waals surface area contributed by atoms with Crippen molar-refractivity contribution in [3.05, 3.63) is 29.8 Å². The Kier molecular flexibility index (Phi) is 5.25. The first kappa shape index (κ1) is 17.8. The van der Waals surface area contributed by atoms with Gasteiger partial charge in [0.15, 0.2) is 9.84 Å². The lowest BCUT2D eigenvalue weighted by atomic mass is 9.90. The summed E-state index contributed by atoms with van der Waals surface area (Å²) in [7, 11) is -3.25. The van der Waals surface area contributed by atoms with Gasteiger partial charge in [-0.25, -0.2) is 8.42 Å². The highest BCUT2D eigenvalue weighted by atomic mass is 32.2. The molecule has 2 fully saturated rings. The number of hydrogen-bond acceptors (Lipinski definition) is 4. The minimum absolute atomic E-state index is 0.163. The first-order valence-electron chi connectivity index (χ1n) is 8.54. The van der Waals surface area contributed by atoms with Crippen LogP contribution in [-0.2, 0) is 21.1 Å². The number of carbonyl (C=O) groups is 1. The molecule has 0 radical (unpaired) electrons. The normalized spacial score (nSPS) is 24.2. The summed E-state index contributed by atoms with van der Waals surface area (Å²) in [5.74, 6) is 3.79. The maximum atomic E-state index is 12.6. The van der Waals surface area contributed by atoms with Gasteiger partial charge in [-0.15, -0.1) is 0 Å². The molecular formula is C18H25NO3S2. The molecule has 2 heterocycles. The number of benzene rings is 1. The van der Waals surface area contributed by atoms with Crippen molar-refractivity contribution in [1.29, 1.82) is 0 Å². The second-order valence-corrected chi connectivity index (χ2v) is 10.8. The third-order valence-corrected chi connectivity index (χ3v) is 8.50. The molecule has 0 spiro atoms. The molecule has 1 aromatic rings. The molecule has 0 aliphatic carbocycles. The molecule has 4 nitrogen and oxygen atoms in total. The number of likely N-dealkylation sites (tertiary alicyclic amines) is 1. The van der Waals surface area contributed by atoms with Crippen LogP contribution in [0.2, 0.25) is 0 Å². The molecular weight excluding hydrogens is 342 g/mol. The van der Waals surface area contributed by atoms with Gasteiger partial charge in [0.1, 0.15) is 0 Å². The fourth-order valence-corrected chi connectivity index (χ4v) is 5.87. The molecule has 2 bridgehead atoms. The van der Waals surface area contributed by atoms with Gasteiger partial charge in [-0.2, -0.15) is 11.8 Å². The van der Waals surface area contributed by atoms with E-state index in [-0.39, 0.29) is 5.91 Å². The number of piperidine rings is 1. The SMILES string of the molecule is CC(C)S(=O)(=O)c1ccc(CC(=O)N2CC3CSCC(C3)C2)cc1. The second-order valence-electron chi connectivity index (χ2n) is 7.22. The fraction of sp³-hybridized carbons (Fsp3) is 0.611. The average Bonchev–Trinajstić information content (AvgIpc) is 2.54. The molecule has 6 heteroatoms. The van der Waals surface area contributed by atoms with Crippen LogP contribution in [0.4, 0.5) is 0 Å². The lowest BCUT2D eigenvalue weighted by Gasteiger charge is -2.41. The third-order valence-electron chi connectivity index (χ3n) is 4.91. The van der Waals surface area contributed by atoms with E-state index in [1.54, 1.807) is 38.1 Å². The Balaban J connectivity index is 1.65. The molecule has 0 aromatic heterocycles. The minimum atomic E-state index is -3.25. The summed E-state index contributed by atoms with van der Waals surface area (Å²) in [6.45, 7) is 5.11. The summed E-state index contributed by atoms with van der Waals surface area (Å²) in [4.78, 5) is 14.9. The van der Waals surface area contributed by atoms with Gasteiger partial charge in [0, 0.05) is 13.1 Å². The van der Waals surface area contributed by atoms with Crippen LogP contribution in [0.25, 0.3) is 0 Å². The van der Waals surface area contributed by atoms with Crippen LogP contribution in [0.5, 0.6) is 0 Å². The van der Waals surface area contributed by atoms with Crippen molar-refractivity contribution in [2.75, 3.05) is 24.6 Å². The van der Waals surface area contributed by atoms with E-state index in [0.717, 1.165) is 18.7 Å². The maximum Gasteiger partial charge on any atom is 0.227 e. The summed E-state index contributed by atoms with van der Waals surface area (Å²) >= 11 is 2.02. The molecule has 2 aliphatic heterocycles. The molecule has 2 atom stereocenters. The zero-order valence-corrected chi connectivity index (χ0v) is 15.9. The van der Waals surface area contributed by atoms with Crippen molar-refractivity contribution in [1.82, 2.24) is 4.90 Å². The van der Waals surface area contributed by atoms with Crippen LogP contribution in [-0.4, -0.2) is 49.1 Å². The number of carbonyl (C=O) groups excluding carboxylic acids is 1. The first-order valence-corrected chi connectivity index (χ1v) is 11.2. The largest absolute Gasteiger partial charge is 0.342 e. The van der Waals surface area contributed by atoms with E-state index in [4.69, 9.17) is 0 Å². The summed E-state index contributed by atoms with van der Waals surface area (Å²) in [6, 6.07) is 6.79. The number of rotatable bonds is 4. The maximum absolute atomic E-state index is 12.6. The van der Waals surface area contributed by atoms with Gasteiger partial charge in [0.25, 0.3) is 0 Å². The molecule has 0 N–H and O–H groups in total. The summed E-state index contributed by atoms with van der Waals surface area (Å²) in [6.07, 6.45) is 1.62.